The molecule has 0 aliphatic heterocycles. The highest BCUT2D eigenvalue weighted by Crippen LogP contribution is 2.41. The number of rotatable bonds is 11. The number of ether oxygens (including phenoxy) is 4. The van der Waals surface area contributed by atoms with Crippen LogP contribution in [0.1, 0.15) is 5.56 Å². The molecule has 0 unspecified atom stereocenters. The molecule has 14 heteroatoms. The van der Waals surface area contributed by atoms with Crippen molar-refractivity contribution in [1.29, 1.82) is 0 Å². The van der Waals surface area contributed by atoms with E-state index in [1.807, 2.05) is 0 Å². The molecule has 4 heterocycles. The van der Waals surface area contributed by atoms with Crippen LogP contribution in [0.15, 0.2) is 90.6 Å². The Bertz CT molecular complexity index is 1880. The number of sulfonamides is 1. The molecule has 0 atom stereocenters. The zero-order valence-corrected chi connectivity index (χ0v) is 24.4. The Morgan fingerprint density at radius 2 is 1.55 bits per heavy atom. The van der Waals surface area contributed by atoms with Crippen LogP contribution >= 0.6 is 0 Å². The molecular formula is C30H25N7O6S. The first-order valence-corrected chi connectivity index (χ1v) is 14.5. The summed E-state index contributed by atoms with van der Waals surface area (Å²) in [5, 5.41) is -0.217. The van der Waals surface area contributed by atoms with Gasteiger partial charge in [0.2, 0.25) is 5.75 Å². The molecular weight excluding hydrogens is 586 g/mol. The summed E-state index contributed by atoms with van der Waals surface area (Å²) in [5.74, 6) is 6.00. The van der Waals surface area contributed by atoms with Gasteiger partial charge >= 0.3 is 6.01 Å². The fourth-order valence-electron chi connectivity index (χ4n) is 3.59. The molecule has 0 aliphatic carbocycles. The summed E-state index contributed by atoms with van der Waals surface area (Å²) in [6.45, 7) is 1.66. The molecule has 4 aromatic heterocycles. The molecule has 13 nitrogen and oxygen atoms in total. The van der Waals surface area contributed by atoms with Crippen molar-refractivity contribution in [3.05, 3.63) is 91.1 Å². The van der Waals surface area contributed by atoms with Gasteiger partial charge in [0, 0.05) is 36.5 Å². The average molecular weight is 612 g/mol. The van der Waals surface area contributed by atoms with Crippen molar-refractivity contribution in [2.24, 2.45) is 0 Å². The Kier molecular flexibility index (Phi) is 9.38. The molecule has 222 valence electrons. The molecule has 0 saturated heterocycles. The highest BCUT2D eigenvalue weighted by Gasteiger charge is 2.26. The number of hydrogen-bond acceptors (Lipinski definition) is 12. The van der Waals surface area contributed by atoms with Crippen molar-refractivity contribution in [3.8, 4) is 52.4 Å². The molecule has 1 N–H and O–H groups in total. The van der Waals surface area contributed by atoms with Gasteiger partial charge in [-0.15, -0.1) is 0 Å². The van der Waals surface area contributed by atoms with E-state index in [9.17, 15) is 8.42 Å². The number of hydrogen-bond donors (Lipinski definition) is 1. The van der Waals surface area contributed by atoms with Crippen molar-refractivity contribution in [2.45, 2.75) is 11.9 Å². The van der Waals surface area contributed by atoms with E-state index in [2.05, 4.69) is 46.5 Å². The maximum Gasteiger partial charge on any atom is 0.317 e. The van der Waals surface area contributed by atoms with Crippen LogP contribution in [-0.4, -0.2) is 58.6 Å². The molecule has 0 amide bonds. The lowest BCUT2D eigenvalue weighted by molar-refractivity contribution is 0.322. The zero-order chi connectivity index (χ0) is 30.8. The second kappa shape index (κ2) is 13.9. The van der Waals surface area contributed by atoms with E-state index in [0.29, 0.717) is 11.3 Å². The fraction of sp³-hybridized carbons (Fsp3) is 0.133. The summed E-state index contributed by atoms with van der Waals surface area (Å²) in [7, 11) is -2.74. The number of aryl methyl sites for hydroxylation is 1. The fourth-order valence-corrected chi connectivity index (χ4v) is 4.53. The van der Waals surface area contributed by atoms with Gasteiger partial charge in [0.15, 0.2) is 41.4 Å². The van der Waals surface area contributed by atoms with Gasteiger partial charge in [0.25, 0.3) is 15.9 Å². The lowest BCUT2D eigenvalue weighted by Crippen LogP contribution is -2.17. The van der Waals surface area contributed by atoms with Crippen LogP contribution in [-0.2, 0) is 10.0 Å². The normalized spacial score (nSPS) is 10.7. The first-order chi connectivity index (χ1) is 21.4. The van der Waals surface area contributed by atoms with Gasteiger partial charge in [-0.05, 0) is 48.9 Å². The Morgan fingerprint density at radius 3 is 2.25 bits per heavy atom. The predicted octanol–water partition coefficient (Wildman–Crippen LogP) is 4.09. The van der Waals surface area contributed by atoms with Gasteiger partial charge in [-0.25, -0.2) is 19.9 Å². The largest absolute Gasteiger partial charge is 0.493 e. The molecule has 0 bridgehead atoms. The number of benzene rings is 1. The third kappa shape index (κ3) is 7.52. The summed E-state index contributed by atoms with van der Waals surface area (Å²) >= 11 is 0. The molecule has 0 aliphatic rings. The SMILES string of the molecule is COc1ccccc1Oc1c(NS(=O)(=O)c2ccc(C)cn2)nc(-c2ccncc2)nc1OCC#CCOc1ncccn1. The van der Waals surface area contributed by atoms with Gasteiger partial charge in [0.1, 0.15) is 0 Å². The van der Waals surface area contributed by atoms with Crippen LogP contribution in [0, 0.1) is 18.8 Å². The third-order valence-corrected chi connectivity index (χ3v) is 6.92. The number of aromatic nitrogens is 6. The van der Waals surface area contributed by atoms with E-state index in [1.165, 1.54) is 19.4 Å². The lowest BCUT2D eigenvalue weighted by Gasteiger charge is -2.17. The molecule has 0 spiro atoms. The maximum atomic E-state index is 13.4. The van der Waals surface area contributed by atoms with Gasteiger partial charge in [-0.1, -0.05) is 30.0 Å². The predicted molar refractivity (Wildman–Crippen MR) is 159 cm³/mol. The van der Waals surface area contributed by atoms with Crippen LogP contribution < -0.4 is 23.7 Å². The third-order valence-electron chi connectivity index (χ3n) is 5.67. The number of nitrogens with zero attached hydrogens (tertiary/aromatic N) is 6. The average Bonchev–Trinajstić information content (AvgIpc) is 3.05. The van der Waals surface area contributed by atoms with Gasteiger partial charge in [-0.3, -0.25) is 9.71 Å². The van der Waals surface area contributed by atoms with E-state index in [1.54, 1.807) is 80.2 Å². The van der Waals surface area contributed by atoms with Crippen LogP contribution in [0.25, 0.3) is 11.4 Å². The van der Waals surface area contributed by atoms with E-state index >= 15 is 0 Å². The molecule has 44 heavy (non-hydrogen) atoms. The summed E-state index contributed by atoms with van der Waals surface area (Å²) in [5.41, 5.74) is 1.34. The monoisotopic (exact) mass is 611 g/mol. The number of anilines is 1. The highest BCUT2D eigenvalue weighted by atomic mass is 32.2. The number of para-hydroxylation sites is 2. The lowest BCUT2D eigenvalue weighted by atomic mass is 10.2. The number of methoxy groups -OCH3 is 1. The van der Waals surface area contributed by atoms with E-state index in [4.69, 9.17) is 18.9 Å². The molecule has 1 aromatic carbocycles. The second-order valence-electron chi connectivity index (χ2n) is 8.76. The van der Waals surface area contributed by atoms with Crippen molar-refractivity contribution >= 4 is 15.8 Å². The van der Waals surface area contributed by atoms with Crippen molar-refractivity contribution in [2.75, 3.05) is 25.0 Å². The Balaban J connectivity index is 1.53. The summed E-state index contributed by atoms with van der Waals surface area (Å²) in [4.78, 5) is 25.1. The Hall–Kier alpha value is -5.81. The highest BCUT2D eigenvalue weighted by molar-refractivity contribution is 7.92. The summed E-state index contributed by atoms with van der Waals surface area (Å²) in [6.07, 6.45) is 7.67. The van der Waals surface area contributed by atoms with Gasteiger partial charge in [0.05, 0.1) is 7.11 Å². The zero-order valence-electron chi connectivity index (χ0n) is 23.5. The molecule has 0 radical (unpaired) electrons. The number of pyridine rings is 2. The van der Waals surface area contributed by atoms with Crippen molar-refractivity contribution in [1.82, 2.24) is 29.9 Å². The molecule has 0 saturated carbocycles. The van der Waals surface area contributed by atoms with Crippen LogP contribution in [0.3, 0.4) is 0 Å². The molecule has 5 aromatic rings. The molecule has 0 fully saturated rings. The van der Waals surface area contributed by atoms with Crippen molar-refractivity contribution < 1.29 is 27.4 Å². The van der Waals surface area contributed by atoms with Crippen LogP contribution in [0.2, 0.25) is 0 Å². The van der Waals surface area contributed by atoms with Crippen molar-refractivity contribution in [3.63, 3.8) is 0 Å². The first-order valence-electron chi connectivity index (χ1n) is 13.0. The van der Waals surface area contributed by atoms with E-state index < -0.39 is 10.0 Å². The summed E-state index contributed by atoms with van der Waals surface area (Å²) in [6, 6.07) is 15.0. The topological polar surface area (TPSA) is 160 Å². The Morgan fingerprint density at radius 1 is 0.818 bits per heavy atom. The first kappa shape index (κ1) is 29.7. The maximum absolute atomic E-state index is 13.4. The smallest absolute Gasteiger partial charge is 0.317 e. The number of nitrogens with one attached hydrogen (secondary N) is 1. The minimum absolute atomic E-state index is 0.0125. The van der Waals surface area contributed by atoms with Crippen LogP contribution in [0.4, 0.5) is 5.82 Å². The minimum atomic E-state index is -4.22. The van der Waals surface area contributed by atoms with Gasteiger partial charge in [-0.2, -0.15) is 13.4 Å². The van der Waals surface area contributed by atoms with Gasteiger partial charge < -0.3 is 18.9 Å². The minimum Gasteiger partial charge on any atom is -0.493 e. The Labute approximate surface area is 253 Å². The quantitative estimate of drug-likeness (QED) is 0.213. The summed E-state index contributed by atoms with van der Waals surface area (Å²) < 4.78 is 52.3. The van der Waals surface area contributed by atoms with Crippen LogP contribution in [0.5, 0.6) is 29.1 Å². The second-order valence-corrected chi connectivity index (χ2v) is 10.4. The molecule has 5 rings (SSSR count). The van der Waals surface area contributed by atoms with E-state index in [-0.39, 0.29) is 53.3 Å². The standard InChI is InChI=1S/C30H25N7O6S/c1-21-10-11-25(34-20-21)44(38,39)37-28-26(43-24-9-4-3-8-23(24)40-2)29(36-27(35-28)22-12-16-31-17-13-22)41-18-5-6-19-42-30-32-14-7-15-33-30/h3-4,7-17,20H,18-19H2,1-2H3,(H,35,36,37). The van der Waals surface area contributed by atoms with E-state index in [0.717, 1.165) is 5.56 Å².